The first kappa shape index (κ1) is 28.5. The first-order chi connectivity index (χ1) is 15.5. The summed E-state index contributed by atoms with van der Waals surface area (Å²) in [4.78, 5) is 21.0. The smallest absolute Gasteiger partial charge is 0.402 e. The first-order valence-electron chi connectivity index (χ1n) is 11.6. The summed E-state index contributed by atoms with van der Waals surface area (Å²) in [5.74, 6) is 0.332. The largest absolute Gasteiger partial charge is 0.508 e. The molecule has 0 fully saturated rings. The summed E-state index contributed by atoms with van der Waals surface area (Å²) in [6.45, 7) is 6.29. The number of benzene rings is 1. The van der Waals surface area contributed by atoms with Gasteiger partial charge < -0.3 is 31.5 Å². The summed E-state index contributed by atoms with van der Waals surface area (Å²) in [5.41, 5.74) is 6.79. The molecule has 186 valence electrons. The molecule has 1 aromatic carbocycles. The van der Waals surface area contributed by atoms with Gasteiger partial charge in [0.15, 0.2) is 0 Å². The average Bonchev–Trinajstić information content (AvgIpc) is 2.67. The maximum atomic E-state index is 12.2. The molecule has 0 saturated heterocycles. The number of nitrogens with two attached hydrogens (primary N) is 1. The SMILES string of the molecule is C/C1=C\C(C)C(O)CCC(C)Cc2cc(O)cc(c2)NC(=O)CC(O)CCCC1.NC(=O)O. The Bertz CT molecular complexity index is 791. The number of fused-ring (bicyclic) bond motifs is 2. The highest BCUT2D eigenvalue weighted by Crippen LogP contribution is 2.25. The Morgan fingerprint density at radius 3 is 2.39 bits per heavy atom. The number of allylic oxidation sites excluding steroid dienone is 1. The van der Waals surface area contributed by atoms with Gasteiger partial charge in [-0.2, -0.15) is 0 Å². The van der Waals surface area contributed by atoms with Crippen LogP contribution in [0.25, 0.3) is 0 Å². The van der Waals surface area contributed by atoms with Crippen LogP contribution >= 0.6 is 0 Å². The van der Waals surface area contributed by atoms with Crippen molar-refractivity contribution in [1.29, 1.82) is 0 Å². The van der Waals surface area contributed by atoms with Crippen LogP contribution in [0.4, 0.5) is 10.5 Å². The topological polar surface area (TPSA) is 153 Å². The maximum Gasteiger partial charge on any atom is 0.402 e. The number of nitrogens with one attached hydrogen (secondary N) is 1. The Morgan fingerprint density at radius 2 is 1.73 bits per heavy atom. The van der Waals surface area contributed by atoms with Crippen molar-refractivity contribution in [1.82, 2.24) is 0 Å². The van der Waals surface area contributed by atoms with Gasteiger partial charge in [0, 0.05) is 17.7 Å². The number of carboxylic acid groups (broad SMARTS) is 1. The lowest BCUT2D eigenvalue weighted by molar-refractivity contribution is -0.118. The molecule has 2 rings (SSSR count). The van der Waals surface area contributed by atoms with E-state index in [9.17, 15) is 20.1 Å². The number of amides is 2. The van der Waals surface area contributed by atoms with E-state index in [0.717, 1.165) is 44.1 Å². The molecule has 1 heterocycles. The molecule has 0 saturated carbocycles. The highest BCUT2D eigenvalue weighted by molar-refractivity contribution is 5.91. The molecule has 7 N–H and O–H groups in total. The molecular formula is C25H40N2O6. The van der Waals surface area contributed by atoms with E-state index in [-0.39, 0.29) is 30.1 Å². The molecule has 8 heteroatoms. The molecule has 0 radical (unpaired) electrons. The van der Waals surface area contributed by atoms with Crippen LogP contribution < -0.4 is 11.1 Å². The van der Waals surface area contributed by atoms with Gasteiger partial charge in [0.25, 0.3) is 0 Å². The number of primary amides is 1. The van der Waals surface area contributed by atoms with Crippen LogP contribution in [-0.2, 0) is 11.2 Å². The van der Waals surface area contributed by atoms with Crippen molar-refractivity contribution in [3.8, 4) is 5.75 Å². The standard InChI is InChI=1S/C24H37NO4.CH3NO2/c1-16-6-4-5-7-21(26)15-24(29)25-20-12-19(13-22(27)14-20)11-17(2)8-9-23(28)18(3)10-16;2-1(3)4/h10,12-14,17-18,21,23,26-28H,4-9,11,15H2,1-3H3,(H,25,29);2H2,(H,3,4)/b16-10+;. The number of carbonyl (C=O) groups excluding carboxylic acids is 1. The predicted octanol–water partition coefficient (Wildman–Crippen LogP) is 4.18. The number of aromatic hydroxyl groups is 1. The van der Waals surface area contributed by atoms with Crippen LogP contribution in [0.15, 0.2) is 29.8 Å². The summed E-state index contributed by atoms with van der Waals surface area (Å²) in [6, 6.07) is 5.12. The number of rotatable bonds is 0. The fourth-order valence-corrected chi connectivity index (χ4v) is 4.04. The fraction of sp³-hybridized carbons (Fsp3) is 0.600. The second-order valence-corrected chi connectivity index (χ2v) is 9.20. The minimum atomic E-state index is -1.33. The monoisotopic (exact) mass is 464 g/mol. The lowest BCUT2D eigenvalue weighted by Gasteiger charge is -2.19. The van der Waals surface area contributed by atoms with E-state index in [0.29, 0.717) is 18.0 Å². The van der Waals surface area contributed by atoms with Gasteiger partial charge >= 0.3 is 6.09 Å². The van der Waals surface area contributed by atoms with E-state index >= 15 is 0 Å². The molecule has 1 aromatic rings. The lowest BCUT2D eigenvalue weighted by Crippen LogP contribution is -2.20. The minimum Gasteiger partial charge on any atom is -0.508 e. The minimum absolute atomic E-state index is 0.0550. The molecule has 0 spiro atoms. The summed E-state index contributed by atoms with van der Waals surface area (Å²) in [5, 5.41) is 40.7. The number of hydrogen-bond donors (Lipinski definition) is 6. The Balaban J connectivity index is 0.00000125. The number of aliphatic hydroxyl groups excluding tert-OH is 2. The van der Waals surface area contributed by atoms with E-state index in [1.165, 1.54) is 11.6 Å². The maximum absolute atomic E-state index is 12.2. The number of aliphatic hydroxyl groups is 2. The van der Waals surface area contributed by atoms with Crippen molar-refractivity contribution in [2.75, 3.05) is 5.32 Å². The van der Waals surface area contributed by atoms with Crippen LogP contribution in [0, 0.1) is 11.8 Å². The zero-order valence-corrected chi connectivity index (χ0v) is 20.0. The van der Waals surface area contributed by atoms with Gasteiger partial charge in [0.2, 0.25) is 5.91 Å². The molecule has 33 heavy (non-hydrogen) atoms. The zero-order valence-electron chi connectivity index (χ0n) is 20.0. The van der Waals surface area contributed by atoms with Gasteiger partial charge in [0.1, 0.15) is 5.75 Å². The molecule has 1 aliphatic rings. The second kappa shape index (κ2) is 14.5. The number of anilines is 1. The van der Waals surface area contributed by atoms with Crippen LogP contribution in [0.1, 0.15) is 71.3 Å². The molecule has 4 unspecified atom stereocenters. The van der Waals surface area contributed by atoms with E-state index in [1.807, 2.05) is 6.07 Å². The van der Waals surface area contributed by atoms with Crippen molar-refractivity contribution in [3.05, 3.63) is 35.4 Å². The summed E-state index contributed by atoms with van der Waals surface area (Å²) in [6.07, 6.45) is 5.57. The van der Waals surface area contributed by atoms with Gasteiger partial charge in [-0.3, -0.25) is 4.79 Å². The van der Waals surface area contributed by atoms with E-state index in [2.05, 4.69) is 37.9 Å². The number of hydrogen-bond acceptors (Lipinski definition) is 5. The molecule has 0 aromatic heterocycles. The molecule has 2 amide bonds. The Morgan fingerprint density at radius 1 is 1.06 bits per heavy atom. The van der Waals surface area contributed by atoms with E-state index < -0.39 is 12.2 Å². The Labute approximate surface area is 196 Å². The van der Waals surface area contributed by atoms with E-state index in [4.69, 9.17) is 9.90 Å². The second-order valence-electron chi connectivity index (χ2n) is 9.20. The van der Waals surface area contributed by atoms with Crippen LogP contribution in [0.3, 0.4) is 0 Å². The number of phenolic OH excluding ortho intramolecular Hbond substituents is 1. The van der Waals surface area contributed by atoms with Crippen LogP contribution in [-0.4, -0.2) is 44.6 Å². The van der Waals surface area contributed by atoms with Crippen molar-refractivity contribution >= 4 is 17.7 Å². The average molecular weight is 465 g/mol. The molecule has 1 aliphatic heterocycles. The molecule has 8 nitrogen and oxygen atoms in total. The van der Waals surface area contributed by atoms with Crippen molar-refractivity contribution in [3.63, 3.8) is 0 Å². The normalized spacial score (nSPS) is 27.3. The predicted molar refractivity (Wildman–Crippen MR) is 129 cm³/mol. The Hall–Kier alpha value is -2.58. The highest BCUT2D eigenvalue weighted by atomic mass is 16.4. The van der Waals surface area contributed by atoms with Gasteiger partial charge in [-0.05, 0) is 69.1 Å². The quantitative estimate of drug-likeness (QED) is 0.317. The van der Waals surface area contributed by atoms with Crippen molar-refractivity contribution in [2.45, 2.75) is 84.3 Å². The first-order valence-corrected chi connectivity index (χ1v) is 11.6. The molecule has 4 atom stereocenters. The van der Waals surface area contributed by atoms with Crippen molar-refractivity contribution in [2.24, 2.45) is 17.6 Å². The third-order valence-electron chi connectivity index (χ3n) is 5.73. The lowest BCUT2D eigenvalue weighted by atomic mass is 9.90. The van der Waals surface area contributed by atoms with Gasteiger partial charge in [0.05, 0.1) is 18.6 Å². The van der Waals surface area contributed by atoms with Crippen LogP contribution in [0.2, 0.25) is 0 Å². The van der Waals surface area contributed by atoms with Crippen molar-refractivity contribution < 1.29 is 30.0 Å². The third kappa shape index (κ3) is 12.9. The fourth-order valence-electron chi connectivity index (χ4n) is 4.04. The Kier molecular flexibility index (Phi) is 12.5. The summed E-state index contributed by atoms with van der Waals surface area (Å²) < 4.78 is 0. The summed E-state index contributed by atoms with van der Waals surface area (Å²) >= 11 is 0. The zero-order chi connectivity index (χ0) is 25.0. The molecule has 0 aliphatic carbocycles. The number of carbonyl (C=O) groups is 2. The van der Waals surface area contributed by atoms with Crippen LogP contribution in [0.5, 0.6) is 5.75 Å². The van der Waals surface area contributed by atoms with Gasteiger partial charge in [-0.25, -0.2) is 4.79 Å². The van der Waals surface area contributed by atoms with Gasteiger partial charge in [-0.15, -0.1) is 0 Å². The number of phenols is 1. The molecular weight excluding hydrogens is 424 g/mol. The van der Waals surface area contributed by atoms with Gasteiger partial charge in [-0.1, -0.05) is 31.9 Å². The van der Waals surface area contributed by atoms with E-state index in [1.54, 1.807) is 6.07 Å². The molecule has 2 bridgehead atoms. The summed E-state index contributed by atoms with van der Waals surface area (Å²) in [7, 11) is 0. The third-order valence-corrected chi connectivity index (χ3v) is 5.73. The highest BCUT2D eigenvalue weighted by Gasteiger charge is 2.16.